The average molecular weight is 382 g/mol. The van der Waals surface area contributed by atoms with Gasteiger partial charge in [-0.3, -0.25) is 9.59 Å². The van der Waals surface area contributed by atoms with Crippen LogP contribution in [0.1, 0.15) is 81.8 Å². The number of carbonyl (C=O) groups excluding carboxylic acids is 2. The van der Waals surface area contributed by atoms with Gasteiger partial charge in [0.1, 0.15) is 5.78 Å². The highest BCUT2D eigenvalue weighted by Gasteiger charge is 2.36. The quantitative estimate of drug-likeness (QED) is 0.656. The summed E-state index contributed by atoms with van der Waals surface area (Å²) in [5.41, 5.74) is 2.69. The summed E-state index contributed by atoms with van der Waals surface area (Å²) in [6, 6.07) is 8.94. The largest absolute Gasteiger partial charge is 0.342 e. The Hall–Kier alpha value is -1.64. The topological polar surface area (TPSA) is 37.4 Å². The Morgan fingerprint density at radius 2 is 1.61 bits per heavy atom. The molecule has 3 fully saturated rings. The minimum Gasteiger partial charge on any atom is -0.342 e. The molecule has 2 unspecified atom stereocenters. The molecular formula is C25H35NO2. The van der Waals surface area contributed by atoms with Crippen LogP contribution < -0.4 is 0 Å². The minimum atomic E-state index is 0.226. The molecule has 1 aromatic carbocycles. The van der Waals surface area contributed by atoms with Crippen LogP contribution in [-0.4, -0.2) is 29.7 Å². The van der Waals surface area contributed by atoms with Crippen molar-refractivity contribution < 1.29 is 9.59 Å². The highest BCUT2D eigenvalue weighted by atomic mass is 16.2. The van der Waals surface area contributed by atoms with Crippen molar-refractivity contribution in [2.45, 2.75) is 77.0 Å². The second kappa shape index (κ2) is 8.80. The van der Waals surface area contributed by atoms with E-state index < -0.39 is 0 Å². The number of aryl methyl sites for hydroxylation is 1. The fourth-order valence-corrected chi connectivity index (χ4v) is 5.28. The van der Waals surface area contributed by atoms with Gasteiger partial charge < -0.3 is 4.90 Å². The summed E-state index contributed by atoms with van der Waals surface area (Å²) in [4.78, 5) is 27.8. The molecule has 28 heavy (non-hydrogen) atoms. The van der Waals surface area contributed by atoms with Crippen LogP contribution in [-0.2, 0) is 16.0 Å². The number of amides is 1. The van der Waals surface area contributed by atoms with Crippen molar-refractivity contribution in [1.29, 1.82) is 0 Å². The molecule has 1 aromatic rings. The third-order valence-electron chi connectivity index (χ3n) is 7.14. The Morgan fingerprint density at radius 3 is 2.25 bits per heavy atom. The molecular weight excluding hydrogens is 346 g/mol. The van der Waals surface area contributed by atoms with Gasteiger partial charge in [-0.1, -0.05) is 44.0 Å². The van der Waals surface area contributed by atoms with Gasteiger partial charge in [-0.15, -0.1) is 0 Å². The highest BCUT2D eigenvalue weighted by molar-refractivity contribution is 5.80. The summed E-state index contributed by atoms with van der Waals surface area (Å²) in [6.07, 6.45) is 10.5. The van der Waals surface area contributed by atoms with E-state index in [1.807, 2.05) is 0 Å². The lowest BCUT2D eigenvalue weighted by Gasteiger charge is -2.39. The summed E-state index contributed by atoms with van der Waals surface area (Å²) in [6.45, 7) is 3.79. The first-order valence-electron chi connectivity index (χ1n) is 11.5. The zero-order chi connectivity index (χ0) is 19.5. The monoisotopic (exact) mass is 381 g/mol. The van der Waals surface area contributed by atoms with Crippen LogP contribution in [0.3, 0.4) is 0 Å². The van der Waals surface area contributed by atoms with Crippen LogP contribution >= 0.6 is 0 Å². The number of Topliss-reactive ketones (excluding diaryl/α,β-unsaturated/α-hetero) is 1. The number of benzene rings is 1. The molecule has 1 heterocycles. The molecule has 2 saturated carbocycles. The van der Waals surface area contributed by atoms with Gasteiger partial charge in [0.2, 0.25) is 5.91 Å². The average Bonchev–Trinajstić information content (AvgIpc) is 3.35. The van der Waals surface area contributed by atoms with Crippen molar-refractivity contribution in [2.75, 3.05) is 13.1 Å². The van der Waals surface area contributed by atoms with Gasteiger partial charge >= 0.3 is 0 Å². The maximum absolute atomic E-state index is 13.1. The van der Waals surface area contributed by atoms with Gasteiger partial charge in [-0.25, -0.2) is 0 Å². The van der Waals surface area contributed by atoms with Gasteiger partial charge in [-0.05, 0) is 61.5 Å². The summed E-state index contributed by atoms with van der Waals surface area (Å²) >= 11 is 0. The van der Waals surface area contributed by atoms with Crippen LogP contribution in [0, 0.1) is 17.8 Å². The Kier molecular flexibility index (Phi) is 6.18. The molecule has 4 rings (SSSR count). The minimum absolute atomic E-state index is 0.226. The van der Waals surface area contributed by atoms with E-state index in [1.165, 1.54) is 36.8 Å². The van der Waals surface area contributed by atoms with Crippen LogP contribution in [0.5, 0.6) is 0 Å². The number of piperidine rings is 1. The third-order valence-corrected chi connectivity index (χ3v) is 7.14. The number of carbonyl (C=O) groups is 2. The van der Waals surface area contributed by atoms with Gasteiger partial charge in [0.15, 0.2) is 0 Å². The maximum Gasteiger partial charge on any atom is 0.225 e. The molecule has 0 aromatic heterocycles. The van der Waals surface area contributed by atoms with Crippen LogP contribution in [0.2, 0.25) is 0 Å². The standard InChI is InChI=1S/C25H35NO2/c1-2-18-9-11-21(12-10-18)23-13-20(15-24(27)14-19-7-8-19)16-26(17-23)25(28)22-5-3-4-6-22/h9-12,19-20,22-23H,2-8,13-17H2,1H3. The Labute approximate surface area is 169 Å². The number of likely N-dealkylation sites (tertiary alicyclic amines) is 1. The number of nitrogens with zero attached hydrogens (tertiary/aromatic N) is 1. The van der Waals surface area contributed by atoms with Crippen LogP contribution in [0.15, 0.2) is 24.3 Å². The van der Waals surface area contributed by atoms with E-state index in [4.69, 9.17) is 0 Å². The second-order valence-electron chi connectivity index (χ2n) is 9.51. The van der Waals surface area contributed by atoms with Gasteiger partial charge in [0.05, 0.1) is 0 Å². The lowest BCUT2D eigenvalue weighted by atomic mass is 9.81. The van der Waals surface area contributed by atoms with Gasteiger partial charge in [0.25, 0.3) is 0 Å². The zero-order valence-electron chi connectivity index (χ0n) is 17.4. The van der Waals surface area contributed by atoms with Crippen molar-refractivity contribution in [3.8, 4) is 0 Å². The Bertz CT molecular complexity index is 685. The fraction of sp³-hybridized carbons (Fsp3) is 0.680. The van der Waals surface area contributed by atoms with Crippen molar-refractivity contribution in [2.24, 2.45) is 17.8 Å². The van der Waals surface area contributed by atoms with E-state index in [0.29, 0.717) is 35.9 Å². The summed E-state index contributed by atoms with van der Waals surface area (Å²) in [5, 5.41) is 0. The fourth-order valence-electron chi connectivity index (χ4n) is 5.28. The lowest BCUT2D eigenvalue weighted by molar-refractivity contribution is -0.138. The van der Waals surface area contributed by atoms with Crippen molar-refractivity contribution in [1.82, 2.24) is 4.90 Å². The zero-order valence-corrected chi connectivity index (χ0v) is 17.4. The summed E-state index contributed by atoms with van der Waals surface area (Å²) in [5.74, 6) is 2.34. The van der Waals surface area contributed by atoms with Crippen molar-refractivity contribution in [3.05, 3.63) is 35.4 Å². The highest BCUT2D eigenvalue weighted by Crippen LogP contribution is 2.37. The first-order valence-corrected chi connectivity index (χ1v) is 11.5. The Balaban J connectivity index is 1.47. The first kappa shape index (κ1) is 19.7. The van der Waals surface area contributed by atoms with E-state index in [1.54, 1.807) is 0 Å². The predicted octanol–water partition coefficient (Wildman–Crippen LogP) is 5.13. The molecule has 2 atom stereocenters. The van der Waals surface area contributed by atoms with E-state index in [9.17, 15) is 9.59 Å². The SMILES string of the molecule is CCc1ccc(C2CC(CC(=O)CC3CC3)CN(C(=O)C3CCCC3)C2)cc1. The van der Waals surface area contributed by atoms with E-state index in [-0.39, 0.29) is 5.92 Å². The summed E-state index contributed by atoms with van der Waals surface area (Å²) < 4.78 is 0. The van der Waals surface area contributed by atoms with Gasteiger partial charge in [0, 0.05) is 37.8 Å². The number of hydrogen-bond acceptors (Lipinski definition) is 2. The van der Waals surface area contributed by atoms with Crippen LogP contribution in [0.25, 0.3) is 0 Å². The van der Waals surface area contributed by atoms with Crippen LogP contribution in [0.4, 0.5) is 0 Å². The van der Waals surface area contributed by atoms with E-state index in [0.717, 1.165) is 45.2 Å². The van der Waals surface area contributed by atoms with Crippen molar-refractivity contribution >= 4 is 11.7 Å². The molecule has 1 aliphatic heterocycles. The number of ketones is 1. The smallest absolute Gasteiger partial charge is 0.225 e. The Morgan fingerprint density at radius 1 is 0.929 bits per heavy atom. The molecule has 3 aliphatic rings. The van der Waals surface area contributed by atoms with Crippen molar-refractivity contribution in [3.63, 3.8) is 0 Å². The molecule has 2 aliphatic carbocycles. The third kappa shape index (κ3) is 4.85. The second-order valence-corrected chi connectivity index (χ2v) is 9.51. The lowest BCUT2D eigenvalue weighted by Crippen LogP contribution is -2.45. The molecule has 0 spiro atoms. The number of hydrogen-bond donors (Lipinski definition) is 0. The van der Waals surface area contributed by atoms with E-state index >= 15 is 0 Å². The maximum atomic E-state index is 13.1. The van der Waals surface area contributed by atoms with E-state index in [2.05, 4.69) is 36.1 Å². The number of rotatable bonds is 7. The molecule has 1 saturated heterocycles. The molecule has 1 amide bonds. The molecule has 3 nitrogen and oxygen atoms in total. The first-order chi connectivity index (χ1) is 13.6. The summed E-state index contributed by atoms with van der Waals surface area (Å²) in [7, 11) is 0. The predicted molar refractivity (Wildman–Crippen MR) is 112 cm³/mol. The molecule has 3 heteroatoms. The van der Waals surface area contributed by atoms with Gasteiger partial charge in [-0.2, -0.15) is 0 Å². The molecule has 0 radical (unpaired) electrons. The molecule has 0 N–H and O–H groups in total. The normalized spacial score (nSPS) is 25.8. The molecule has 152 valence electrons. The molecule has 0 bridgehead atoms.